The zero-order valence-corrected chi connectivity index (χ0v) is 13.0. The largest absolute Gasteiger partial charge is 0.490 e. The summed E-state index contributed by atoms with van der Waals surface area (Å²) in [5.41, 5.74) is 0.709. The number of ketones is 1. The van der Waals surface area contributed by atoms with E-state index in [9.17, 15) is 4.79 Å². The first kappa shape index (κ1) is 14.6. The van der Waals surface area contributed by atoms with Gasteiger partial charge in [0.05, 0.1) is 6.42 Å². The van der Waals surface area contributed by atoms with Gasteiger partial charge >= 0.3 is 0 Å². The number of likely N-dealkylation sites (tertiary alicyclic amines) is 1. The van der Waals surface area contributed by atoms with Crippen molar-refractivity contribution in [2.75, 3.05) is 20.1 Å². The molecule has 2 rings (SSSR count). The summed E-state index contributed by atoms with van der Waals surface area (Å²) >= 11 is 0. The standard InChI is InChI=1S/C16H27NO2/c1-11(2)14-13(18)10-16(19-15(14)12(3)4)6-8-17(5)9-7-16/h11-12H,6-10H2,1-5H3. The Hall–Kier alpha value is -0.830. The Morgan fingerprint density at radius 1 is 1.11 bits per heavy atom. The molecule has 3 heteroatoms. The molecule has 0 atom stereocenters. The summed E-state index contributed by atoms with van der Waals surface area (Å²) in [5.74, 6) is 1.82. The molecular weight excluding hydrogens is 238 g/mol. The molecule has 1 spiro atoms. The molecule has 0 aromatic rings. The van der Waals surface area contributed by atoms with Crippen LogP contribution in [0.2, 0.25) is 0 Å². The smallest absolute Gasteiger partial charge is 0.166 e. The highest BCUT2D eigenvalue weighted by Crippen LogP contribution is 2.41. The molecule has 19 heavy (non-hydrogen) atoms. The summed E-state index contributed by atoms with van der Waals surface area (Å²) in [6.07, 6.45) is 2.51. The topological polar surface area (TPSA) is 29.5 Å². The molecule has 0 unspecified atom stereocenters. The average Bonchev–Trinajstić information content (AvgIpc) is 2.32. The Labute approximate surface area is 117 Å². The van der Waals surface area contributed by atoms with E-state index < -0.39 is 0 Å². The van der Waals surface area contributed by atoms with E-state index in [-0.39, 0.29) is 17.4 Å². The number of carbonyl (C=O) groups is 1. The molecule has 1 saturated heterocycles. The van der Waals surface area contributed by atoms with E-state index >= 15 is 0 Å². The number of nitrogens with zero attached hydrogens (tertiary/aromatic N) is 1. The van der Waals surface area contributed by atoms with Crippen LogP contribution in [0.25, 0.3) is 0 Å². The van der Waals surface area contributed by atoms with Gasteiger partial charge < -0.3 is 9.64 Å². The average molecular weight is 265 g/mol. The van der Waals surface area contributed by atoms with Crippen molar-refractivity contribution in [3.8, 4) is 0 Å². The maximum Gasteiger partial charge on any atom is 0.166 e. The van der Waals surface area contributed by atoms with E-state index in [1.165, 1.54) is 0 Å². The summed E-state index contributed by atoms with van der Waals surface area (Å²) in [6.45, 7) is 10.5. The van der Waals surface area contributed by atoms with Crippen LogP contribution in [0.1, 0.15) is 47.0 Å². The fourth-order valence-electron chi connectivity index (χ4n) is 3.19. The van der Waals surface area contributed by atoms with Crippen LogP contribution in [-0.4, -0.2) is 36.4 Å². The molecule has 0 saturated carbocycles. The van der Waals surface area contributed by atoms with Gasteiger partial charge in [0.1, 0.15) is 11.4 Å². The number of allylic oxidation sites excluding steroid dienone is 2. The lowest BCUT2D eigenvalue weighted by atomic mass is 9.79. The lowest BCUT2D eigenvalue weighted by Crippen LogP contribution is -2.49. The molecule has 3 nitrogen and oxygen atoms in total. The SMILES string of the molecule is CC(C)C1=C(C(C)C)C(=O)CC2(CCN(C)CC2)O1. The zero-order chi connectivity index (χ0) is 14.2. The van der Waals surface area contributed by atoms with Crippen molar-refractivity contribution in [3.63, 3.8) is 0 Å². The molecule has 1 fully saturated rings. The van der Waals surface area contributed by atoms with Gasteiger partial charge in [-0.2, -0.15) is 0 Å². The lowest BCUT2D eigenvalue weighted by Gasteiger charge is -2.45. The molecule has 0 aromatic heterocycles. The molecule has 0 N–H and O–H groups in total. The lowest BCUT2D eigenvalue weighted by molar-refractivity contribution is -0.131. The molecule has 0 bridgehead atoms. The molecule has 0 aliphatic carbocycles. The third-order valence-corrected chi connectivity index (χ3v) is 4.38. The zero-order valence-electron chi connectivity index (χ0n) is 13.0. The molecule has 0 radical (unpaired) electrons. The van der Waals surface area contributed by atoms with Gasteiger partial charge in [-0.3, -0.25) is 4.79 Å². The highest BCUT2D eigenvalue weighted by molar-refractivity contribution is 5.97. The van der Waals surface area contributed by atoms with E-state index in [1.807, 2.05) is 0 Å². The normalized spacial score (nSPS) is 24.5. The Morgan fingerprint density at radius 2 is 1.68 bits per heavy atom. The quantitative estimate of drug-likeness (QED) is 0.768. The van der Waals surface area contributed by atoms with E-state index in [4.69, 9.17) is 4.74 Å². The van der Waals surface area contributed by atoms with Crippen LogP contribution >= 0.6 is 0 Å². The van der Waals surface area contributed by atoms with Crippen LogP contribution < -0.4 is 0 Å². The maximum atomic E-state index is 12.6. The molecule has 2 aliphatic heterocycles. The maximum absolute atomic E-state index is 12.6. The molecule has 2 heterocycles. The number of carbonyl (C=O) groups excluding carboxylic acids is 1. The second-order valence-electron chi connectivity index (χ2n) is 6.78. The van der Waals surface area contributed by atoms with Crippen LogP contribution in [0.4, 0.5) is 0 Å². The number of rotatable bonds is 2. The molecule has 2 aliphatic rings. The van der Waals surface area contributed by atoms with Crippen molar-refractivity contribution in [1.29, 1.82) is 0 Å². The van der Waals surface area contributed by atoms with Crippen molar-refractivity contribution >= 4 is 5.78 Å². The van der Waals surface area contributed by atoms with Gasteiger partial charge in [-0.05, 0) is 13.0 Å². The summed E-state index contributed by atoms with van der Waals surface area (Å²) in [5, 5.41) is 0. The van der Waals surface area contributed by atoms with Gasteiger partial charge in [0.2, 0.25) is 0 Å². The second-order valence-corrected chi connectivity index (χ2v) is 6.78. The molecule has 0 aromatic carbocycles. The predicted octanol–water partition coefficient (Wildman–Crippen LogP) is 3.01. The van der Waals surface area contributed by atoms with Crippen LogP contribution in [-0.2, 0) is 9.53 Å². The minimum absolute atomic E-state index is 0.221. The van der Waals surface area contributed by atoms with Gasteiger partial charge in [0.15, 0.2) is 5.78 Å². The number of Topliss-reactive ketones (excluding diaryl/α,β-unsaturated/α-hetero) is 1. The first-order chi connectivity index (χ1) is 8.84. The van der Waals surface area contributed by atoms with Crippen LogP contribution in [0.5, 0.6) is 0 Å². The van der Waals surface area contributed by atoms with Crippen LogP contribution in [0.3, 0.4) is 0 Å². The number of ether oxygens (including phenoxy) is 1. The fourth-order valence-corrected chi connectivity index (χ4v) is 3.19. The monoisotopic (exact) mass is 265 g/mol. The second kappa shape index (κ2) is 5.28. The Balaban J connectivity index is 2.30. The van der Waals surface area contributed by atoms with Gasteiger partial charge in [-0.25, -0.2) is 0 Å². The number of hydrogen-bond acceptors (Lipinski definition) is 3. The van der Waals surface area contributed by atoms with Gasteiger partial charge in [0.25, 0.3) is 0 Å². The number of hydrogen-bond donors (Lipinski definition) is 0. The molecule has 108 valence electrons. The van der Waals surface area contributed by atoms with Crippen molar-refractivity contribution in [2.24, 2.45) is 11.8 Å². The third kappa shape index (κ3) is 2.86. The first-order valence-corrected chi connectivity index (χ1v) is 7.49. The summed E-state index contributed by atoms with van der Waals surface area (Å²) < 4.78 is 6.40. The Bertz CT molecular complexity index is 388. The predicted molar refractivity (Wildman–Crippen MR) is 76.9 cm³/mol. The minimum Gasteiger partial charge on any atom is -0.490 e. The highest BCUT2D eigenvalue weighted by atomic mass is 16.5. The van der Waals surface area contributed by atoms with Gasteiger partial charge in [-0.1, -0.05) is 27.7 Å². The van der Waals surface area contributed by atoms with Crippen molar-refractivity contribution in [1.82, 2.24) is 4.90 Å². The molecule has 0 amide bonds. The minimum atomic E-state index is -0.221. The van der Waals surface area contributed by atoms with Crippen molar-refractivity contribution in [3.05, 3.63) is 11.3 Å². The third-order valence-electron chi connectivity index (χ3n) is 4.38. The van der Waals surface area contributed by atoms with Gasteiger partial charge in [-0.15, -0.1) is 0 Å². The van der Waals surface area contributed by atoms with Gasteiger partial charge in [0, 0.05) is 37.4 Å². The van der Waals surface area contributed by atoms with E-state index in [1.54, 1.807) is 0 Å². The van der Waals surface area contributed by atoms with E-state index in [2.05, 4.69) is 39.6 Å². The summed E-state index contributed by atoms with van der Waals surface area (Å²) in [6, 6.07) is 0. The van der Waals surface area contributed by atoms with Crippen LogP contribution in [0.15, 0.2) is 11.3 Å². The van der Waals surface area contributed by atoms with Crippen LogP contribution in [0, 0.1) is 11.8 Å². The first-order valence-electron chi connectivity index (χ1n) is 7.49. The Morgan fingerprint density at radius 3 is 2.16 bits per heavy atom. The highest BCUT2D eigenvalue weighted by Gasteiger charge is 2.44. The van der Waals surface area contributed by atoms with E-state index in [0.717, 1.165) is 37.3 Å². The van der Waals surface area contributed by atoms with E-state index in [0.29, 0.717) is 12.2 Å². The summed E-state index contributed by atoms with van der Waals surface area (Å²) in [7, 11) is 2.14. The Kier molecular flexibility index (Phi) is 4.05. The van der Waals surface area contributed by atoms with Crippen molar-refractivity contribution in [2.45, 2.75) is 52.6 Å². The number of piperidine rings is 1. The fraction of sp³-hybridized carbons (Fsp3) is 0.812. The summed E-state index contributed by atoms with van der Waals surface area (Å²) in [4.78, 5) is 14.9. The molecular formula is C16H27NO2. The van der Waals surface area contributed by atoms with Crippen molar-refractivity contribution < 1.29 is 9.53 Å².